The van der Waals surface area contributed by atoms with E-state index in [0.717, 1.165) is 11.1 Å². The monoisotopic (exact) mass is 349 g/mol. The van der Waals surface area contributed by atoms with Gasteiger partial charge in [0.25, 0.3) is 11.5 Å². The summed E-state index contributed by atoms with van der Waals surface area (Å²) in [5.41, 5.74) is 2.14. The molecule has 26 heavy (non-hydrogen) atoms. The summed E-state index contributed by atoms with van der Waals surface area (Å²) in [7, 11) is 1.55. The van der Waals surface area contributed by atoms with Gasteiger partial charge in [0.2, 0.25) is 0 Å². The molecular weight excluding hydrogens is 330 g/mol. The van der Waals surface area contributed by atoms with Crippen molar-refractivity contribution in [3.8, 4) is 22.4 Å². The van der Waals surface area contributed by atoms with Crippen LogP contribution >= 0.6 is 0 Å². The molecule has 1 aromatic heterocycles. The first-order valence-electron chi connectivity index (χ1n) is 8.23. The van der Waals surface area contributed by atoms with E-state index < -0.39 is 11.5 Å². The Kier molecular flexibility index (Phi) is 5.56. The number of nitrogens with zero attached hydrogens (tertiary/aromatic N) is 1. The first-order chi connectivity index (χ1) is 12.7. The summed E-state index contributed by atoms with van der Waals surface area (Å²) in [6, 6.07) is 18.8. The molecule has 0 aliphatic heterocycles. The summed E-state index contributed by atoms with van der Waals surface area (Å²) >= 11 is 0. The van der Waals surface area contributed by atoms with Crippen molar-refractivity contribution in [2.24, 2.45) is 0 Å². The maximum absolute atomic E-state index is 12.7. The van der Waals surface area contributed by atoms with Crippen molar-refractivity contribution in [3.63, 3.8) is 0 Å². The molecule has 0 unspecified atom stereocenters. The van der Waals surface area contributed by atoms with Gasteiger partial charge in [-0.25, -0.2) is 5.10 Å². The van der Waals surface area contributed by atoms with E-state index in [0.29, 0.717) is 24.4 Å². The fraction of sp³-hybridized carbons (Fsp3) is 0.150. The smallest absolute Gasteiger partial charge is 0.277 e. The lowest BCUT2D eigenvalue weighted by Crippen LogP contribution is -2.33. The van der Waals surface area contributed by atoms with Crippen LogP contribution in [0.25, 0.3) is 22.4 Å². The highest BCUT2D eigenvalue weighted by molar-refractivity contribution is 6.03. The van der Waals surface area contributed by atoms with Gasteiger partial charge in [-0.3, -0.25) is 9.59 Å². The molecule has 0 spiro atoms. The van der Waals surface area contributed by atoms with Gasteiger partial charge >= 0.3 is 0 Å². The number of amides is 1. The molecule has 0 aliphatic rings. The number of methoxy groups -OCH3 is 1. The quantitative estimate of drug-likeness (QED) is 0.670. The van der Waals surface area contributed by atoms with Crippen LogP contribution in [-0.2, 0) is 4.74 Å². The van der Waals surface area contributed by atoms with E-state index in [1.807, 2.05) is 60.7 Å². The number of ether oxygens (including phenoxy) is 1. The van der Waals surface area contributed by atoms with Crippen LogP contribution in [0.1, 0.15) is 10.4 Å². The second-order valence-corrected chi connectivity index (χ2v) is 5.63. The lowest BCUT2D eigenvalue weighted by atomic mass is 9.95. The molecule has 6 nitrogen and oxygen atoms in total. The highest BCUT2D eigenvalue weighted by atomic mass is 16.5. The van der Waals surface area contributed by atoms with Crippen LogP contribution in [0.5, 0.6) is 0 Å². The van der Waals surface area contributed by atoms with Crippen LogP contribution in [0.15, 0.2) is 65.5 Å². The number of hydrogen-bond donors (Lipinski definition) is 2. The van der Waals surface area contributed by atoms with Gasteiger partial charge in [-0.1, -0.05) is 60.7 Å². The molecule has 0 saturated carbocycles. The van der Waals surface area contributed by atoms with Crippen LogP contribution in [0.4, 0.5) is 0 Å². The van der Waals surface area contributed by atoms with E-state index in [1.54, 1.807) is 7.11 Å². The molecule has 0 radical (unpaired) electrons. The van der Waals surface area contributed by atoms with Crippen molar-refractivity contribution in [1.82, 2.24) is 15.5 Å². The predicted molar refractivity (Wildman–Crippen MR) is 99.9 cm³/mol. The van der Waals surface area contributed by atoms with Crippen LogP contribution in [0.3, 0.4) is 0 Å². The second kappa shape index (κ2) is 8.22. The van der Waals surface area contributed by atoms with E-state index in [1.165, 1.54) is 0 Å². The normalized spacial score (nSPS) is 10.5. The third kappa shape index (κ3) is 3.70. The number of benzene rings is 2. The standard InChI is InChI=1S/C20H19N3O3/c1-26-13-12-21-19(24)17-16(14-8-4-2-5-9-14)18(22-23-20(17)25)15-10-6-3-7-11-15/h2-11H,12-13H2,1H3,(H,21,24)(H,23,25). The first-order valence-corrected chi connectivity index (χ1v) is 8.23. The maximum atomic E-state index is 12.7. The summed E-state index contributed by atoms with van der Waals surface area (Å²) in [6.07, 6.45) is 0. The Morgan fingerprint density at radius 1 is 1.04 bits per heavy atom. The summed E-state index contributed by atoms with van der Waals surface area (Å²) in [4.78, 5) is 25.2. The van der Waals surface area contributed by atoms with E-state index >= 15 is 0 Å². The Bertz CT molecular complexity index is 938. The molecule has 1 amide bonds. The molecule has 3 aromatic rings. The van der Waals surface area contributed by atoms with Crippen LogP contribution in [0, 0.1) is 0 Å². The van der Waals surface area contributed by atoms with Crippen molar-refractivity contribution in [2.75, 3.05) is 20.3 Å². The van der Waals surface area contributed by atoms with Gasteiger partial charge in [-0.2, -0.15) is 5.10 Å². The number of hydrogen-bond acceptors (Lipinski definition) is 4. The molecule has 0 saturated heterocycles. The fourth-order valence-corrected chi connectivity index (χ4v) is 2.71. The minimum atomic E-state index is -0.529. The lowest BCUT2D eigenvalue weighted by molar-refractivity contribution is 0.0936. The van der Waals surface area contributed by atoms with Gasteiger partial charge in [0.15, 0.2) is 0 Å². The molecule has 1 heterocycles. The summed E-state index contributed by atoms with van der Waals surface area (Å²) in [5, 5.41) is 9.39. The topological polar surface area (TPSA) is 84.1 Å². The van der Waals surface area contributed by atoms with Gasteiger partial charge in [-0.15, -0.1) is 0 Å². The number of nitrogens with one attached hydrogen (secondary N) is 2. The van der Waals surface area contributed by atoms with Crippen LogP contribution < -0.4 is 10.9 Å². The number of rotatable bonds is 6. The molecule has 0 atom stereocenters. The van der Waals surface area contributed by atoms with Crippen molar-refractivity contribution in [3.05, 3.63) is 76.6 Å². The first kappa shape index (κ1) is 17.6. The molecular formula is C20H19N3O3. The van der Waals surface area contributed by atoms with E-state index in [-0.39, 0.29) is 5.56 Å². The average molecular weight is 349 g/mol. The Labute approximate surface area is 150 Å². The van der Waals surface area contributed by atoms with Crippen molar-refractivity contribution in [2.45, 2.75) is 0 Å². The summed E-state index contributed by atoms with van der Waals surface area (Å²) < 4.78 is 4.95. The summed E-state index contributed by atoms with van der Waals surface area (Å²) in [5.74, 6) is -0.457. The Hall–Kier alpha value is -3.25. The molecule has 132 valence electrons. The molecule has 0 bridgehead atoms. The fourth-order valence-electron chi connectivity index (χ4n) is 2.71. The Morgan fingerprint density at radius 3 is 2.27 bits per heavy atom. The highest BCUT2D eigenvalue weighted by Crippen LogP contribution is 2.31. The lowest BCUT2D eigenvalue weighted by Gasteiger charge is -2.13. The van der Waals surface area contributed by atoms with Crippen molar-refractivity contribution in [1.29, 1.82) is 0 Å². The Morgan fingerprint density at radius 2 is 1.65 bits per heavy atom. The van der Waals surface area contributed by atoms with E-state index in [2.05, 4.69) is 15.5 Å². The number of carbonyl (C=O) groups excluding carboxylic acids is 1. The third-order valence-corrected chi connectivity index (χ3v) is 3.91. The zero-order valence-corrected chi connectivity index (χ0v) is 14.4. The van der Waals surface area contributed by atoms with Gasteiger partial charge < -0.3 is 10.1 Å². The minimum Gasteiger partial charge on any atom is -0.383 e. The zero-order chi connectivity index (χ0) is 18.4. The number of aromatic amines is 1. The zero-order valence-electron chi connectivity index (χ0n) is 14.4. The third-order valence-electron chi connectivity index (χ3n) is 3.91. The van der Waals surface area contributed by atoms with Gasteiger partial charge in [0, 0.05) is 24.8 Å². The van der Waals surface area contributed by atoms with Crippen LogP contribution in [0.2, 0.25) is 0 Å². The summed E-state index contributed by atoms with van der Waals surface area (Å²) in [6.45, 7) is 0.674. The van der Waals surface area contributed by atoms with Gasteiger partial charge in [-0.05, 0) is 5.56 Å². The number of H-pyrrole nitrogens is 1. The average Bonchev–Trinajstić information content (AvgIpc) is 2.69. The van der Waals surface area contributed by atoms with E-state index in [9.17, 15) is 9.59 Å². The van der Waals surface area contributed by atoms with Crippen molar-refractivity contribution < 1.29 is 9.53 Å². The minimum absolute atomic E-state index is 0.0427. The SMILES string of the molecule is COCCNC(=O)c1c(-c2ccccc2)c(-c2ccccc2)n[nH]c1=O. The molecule has 0 aliphatic carbocycles. The maximum Gasteiger partial charge on any atom is 0.277 e. The molecule has 2 aromatic carbocycles. The molecule has 6 heteroatoms. The molecule has 0 fully saturated rings. The van der Waals surface area contributed by atoms with Crippen molar-refractivity contribution >= 4 is 5.91 Å². The highest BCUT2D eigenvalue weighted by Gasteiger charge is 2.22. The number of aromatic nitrogens is 2. The van der Waals surface area contributed by atoms with Gasteiger partial charge in [0.05, 0.1) is 12.3 Å². The molecule has 2 N–H and O–H groups in total. The van der Waals surface area contributed by atoms with Gasteiger partial charge in [0.1, 0.15) is 5.56 Å². The largest absolute Gasteiger partial charge is 0.383 e. The Balaban J connectivity index is 2.20. The predicted octanol–water partition coefficient (Wildman–Crippen LogP) is 2.48. The van der Waals surface area contributed by atoms with Crippen LogP contribution in [-0.4, -0.2) is 36.4 Å². The van der Waals surface area contributed by atoms with E-state index in [4.69, 9.17) is 4.74 Å². The molecule has 3 rings (SSSR count). The second-order valence-electron chi connectivity index (χ2n) is 5.63. The number of carbonyl (C=O) groups is 1.